The van der Waals surface area contributed by atoms with Gasteiger partial charge in [-0.2, -0.15) is 0 Å². The Hall–Kier alpha value is -3.39. The summed E-state index contributed by atoms with van der Waals surface area (Å²) in [6, 6.07) is 15.2. The third-order valence-corrected chi connectivity index (χ3v) is 4.81. The van der Waals surface area contributed by atoms with Gasteiger partial charge in [0, 0.05) is 11.6 Å². The molecule has 0 unspecified atom stereocenters. The van der Waals surface area contributed by atoms with Gasteiger partial charge in [0.05, 0.1) is 16.3 Å². The summed E-state index contributed by atoms with van der Waals surface area (Å²) in [6.07, 6.45) is 1.28. The van der Waals surface area contributed by atoms with Crippen LogP contribution in [0.5, 0.6) is 11.5 Å². The van der Waals surface area contributed by atoms with E-state index < -0.39 is 5.82 Å². The molecule has 1 N–H and O–H groups in total. The van der Waals surface area contributed by atoms with Crippen molar-refractivity contribution in [3.05, 3.63) is 99.2 Å². The summed E-state index contributed by atoms with van der Waals surface area (Å²) >= 11 is 6.01. The predicted octanol–water partition coefficient (Wildman–Crippen LogP) is 5.37. The number of halogens is 2. The smallest absolute Gasteiger partial charge is 0.231 e. The van der Waals surface area contributed by atoms with Gasteiger partial charge in [0.1, 0.15) is 23.9 Å². The molecule has 1 heterocycles. The van der Waals surface area contributed by atoms with E-state index in [0.29, 0.717) is 17.1 Å². The third kappa shape index (κ3) is 3.99. The number of ether oxygens (including phenoxy) is 2. The molecule has 0 fully saturated rings. The van der Waals surface area contributed by atoms with Gasteiger partial charge in [-0.25, -0.2) is 4.39 Å². The van der Waals surface area contributed by atoms with Gasteiger partial charge in [-0.3, -0.25) is 10.0 Å². The molecule has 6 nitrogen and oxygen atoms in total. The average molecular weight is 427 g/mol. The van der Waals surface area contributed by atoms with E-state index in [1.165, 1.54) is 36.4 Å². The number of rotatable bonds is 5. The molecular weight excluding hydrogens is 413 g/mol. The standard InChI is InChI=1S/C22H14ClFNO5/c23-18-2-1-3-19(24)17(18)11-21-22(26)16-9-8-15(10-20(16)30-21)29-12-13-4-6-14(7-5-13)25(27)28/h1-11,27H,12H2/q-1. The number of fused-ring (bicyclic) bond motifs is 1. The van der Waals surface area contributed by atoms with Gasteiger partial charge in [-0.05, 0) is 48.0 Å². The van der Waals surface area contributed by atoms with Crippen LogP contribution in [0.4, 0.5) is 10.1 Å². The summed E-state index contributed by atoms with van der Waals surface area (Å²) < 4.78 is 25.3. The van der Waals surface area contributed by atoms with Gasteiger partial charge in [-0.15, -0.1) is 0 Å². The summed E-state index contributed by atoms with van der Waals surface area (Å²) in [6.45, 7) is 0.199. The Morgan fingerprint density at radius 3 is 2.63 bits per heavy atom. The minimum absolute atomic E-state index is 0.0316. The van der Waals surface area contributed by atoms with Crippen LogP contribution in [0.15, 0.2) is 66.4 Å². The van der Waals surface area contributed by atoms with Crippen LogP contribution in [0, 0.1) is 11.0 Å². The highest BCUT2D eigenvalue weighted by Crippen LogP contribution is 2.36. The summed E-state index contributed by atoms with van der Waals surface area (Å²) in [4.78, 5) is 12.6. The molecule has 0 saturated heterocycles. The van der Waals surface area contributed by atoms with E-state index >= 15 is 0 Å². The number of carbonyl (C=O) groups excluding carboxylic acids is 1. The lowest BCUT2D eigenvalue weighted by Crippen LogP contribution is -2.06. The maximum atomic E-state index is 14.0. The van der Waals surface area contributed by atoms with Crippen molar-refractivity contribution in [3.63, 3.8) is 0 Å². The maximum Gasteiger partial charge on any atom is 0.231 e. The Kier molecular flexibility index (Phi) is 5.41. The summed E-state index contributed by atoms with van der Waals surface area (Å²) in [5.41, 5.74) is 1.30. The molecule has 0 spiro atoms. The predicted molar refractivity (Wildman–Crippen MR) is 109 cm³/mol. The van der Waals surface area contributed by atoms with Gasteiger partial charge in [0.25, 0.3) is 0 Å². The number of nitrogens with zero attached hydrogens (tertiary/aromatic N) is 1. The van der Waals surface area contributed by atoms with Crippen LogP contribution in [-0.4, -0.2) is 11.0 Å². The van der Waals surface area contributed by atoms with Crippen LogP contribution in [0.2, 0.25) is 5.02 Å². The molecule has 4 rings (SSSR count). The highest BCUT2D eigenvalue weighted by molar-refractivity contribution is 6.32. The first kappa shape index (κ1) is 19.9. The average Bonchev–Trinajstić information content (AvgIpc) is 3.04. The highest BCUT2D eigenvalue weighted by Gasteiger charge is 2.28. The van der Waals surface area contributed by atoms with Gasteiger partial charge in [0.15, 0.2) is 5.76 Å². The second kappa shape index (κ2) is 8.16. The molecule has 0 aromatic heterocycles. The van der Waals surface area contributed by atoms with E-state index in [1.54, 1.807) is 30.3 Å². The zero-order valence-electron chi connectivity index (χ0n) is 15.3. The van der Waals surface area contributed by atoms with E-state index in [4.69, 9.17) is 26.3 Å². The van der Waals surface area contributed by atoms with Crippen molar-refractivity contribution in [3.8, 4) is 11.5 Å². The topological polar surface area (TPSA) is 82.1 Å². The van der Waals surface area contributed by atoms with Crippen molar-refractivity contribution in [2.45, 2.75) is 6.61 Å². The van der Waals surface area contributed by atoms with Crippen molar-refractivity contribution >= 4 is 29.1 Å². The molecule has 0 saturated carbocycles. The van der Waals surface area contributed by atoms with E-state index in [0.717, 1.165) is 5.56 Å². The second-order valence-corrected chi connectivity index (χ2v) is 6.87. The molecule has 8 heteroatoms. The number of hydrogen-bond donors (Lipinski definition) is 1. The number of anilines is 1. The van der Waals surface area contributed by atoms with Gasteiger partial charge < -0.3 is 19.9 Å². The lowest BCUT2D eigenvalue weighted by Gasteiger charge is -2.21. The van der Waals surface area contributed by atoms with Crippen molar-refractivity contribution in [1.82, 2.24) is 0 Å². The van der Waals surface area contributed by atoms with E-state index in [1.807, 2.05) is 0 Å². The van der Waals surface area contributed by atoms with Gasteiger partial charge >= 0.3 is 0 Å². The lowest BCUT2D eigenvalue weighted by atomic mass is 10.1. The molecule has 3 aromatic carbocycles. The molecule has 0 bridgehead atoms. The minimum Gasteiger partial charge on any atom is -0.733 e. The fraction of sp³-hybridized carbons (Fsp3) is 0.0455. The van der Waals surface area contributed by atoms with Crippen molar-refractivity contribution in [1.29, 1.82) is 0 Å². The zero-order chi connectivity index (χ0) is 21.3. The van der Waals surface area contributed by atoms with Crippen LogP contribution >= 0.6 is 11.6 Å². The minimum atomic E-state index is -0.557. The fourth-order valence-corrected chi connectivity index (χ4v) is 3.14. The number of carbonyl (C=O) groups is 1. The molecule has 3 aromatic rings. The number of ketones is 1. The Morgan fingerprint density at radius 1 is 1.17 bits per heavy atom. The van der Waals surface area contributed by atoms with Crippen molar-refractivity contribution < 1.29 is 23.9 Å². The maximum absolute atomic E-state index is 14.0. The molecule has 1 aliphatic heterocycles. The summed E-state index contributed by atoms with van der Waals surface area (Å²) in [5.74, 6) is -0.204. The third-order valence-electron chi connectivity index (χ3n) is 4.48. The molecule has 0 radical (unpaired) electrons. The number of benzene rings is 3. The van der Waals surface area contributed by atoms with E-state index in [9.17, 15) is 14.4 Å². The highest BCUT2D eigenvalue weighted by atomic mass is 35.5. The Labute approximate surface area is 175 Å². The SMILES string of the molecule is O=C1C(=Cc2c(F)cccc2Cl)Oc2cc(OCc3ccc(N([O-])O)cc3)ccc21. The van der Waals surface area contributed by atoms with Crippen LogP contribution in [0.3, 0.4) is 0 Å². The Morgan fingerprint density at radius 2 is 1.93 bits per heavy atom. The van der Waals surface area contributed by atoms with Crippen LogP contribution in [0.1, 0.15) is 21.5 Å². The summed E-state index contributed by atoms with van der Waals surface area (Å²) in [7, 11) is 0. The largest absolute Gasteiger partial charge is 0.733 e. The first-order valence-electron chi connectivity index (χ1n) is 8.82. The molecular formula is C22H14ClFNO5-. The van der Waals surface area contributed by atoms with Crippen LogP contribution in [-0.2, 0) is 6.61 Å². The number of hydrogen-bond acceptors (Lipinski definition) is 6. The molecule has 1 aliphatic rings. The Bertz CT molecular complexity index is 1120. The molecule has 30 heavy (non-hydrogen) atoms. The van der Waals surface area contributed by atoms with Crippen LogP contribution in [0.25, 0.3) is 6.08 Å². The van der Waals surface area contributed by atoms with E-state index in [-0.39, 0.29) is 39.6 Å². The molecule has 0 aliphatic carbocycles. The number of Topliss-reactive ketones (excluding diaryl/α,β-unsaturated/α-hetero) is 1. The van der Waals surface area contributed by atoms with Crippen LogP contribution < -0.4 is 14.7 Å². The first-order chi connectivity index (χ1) is 14.4. The normalized spacial score (nSPS) is 13.9. The summed E-state index contributed by atoms with van der Waals surface area (Å²) in [5, 5.41) is 19.6. The van der Waals surface area contributed by atoms with E-state index in [2.05, 4.69) is 0 Å². The lowest BCUT2D eigenvalue weighted by molar-refractivity contribution is 0.101. The fourth-order valence-electron chi connectivity index (χ4n) is 2.92. The monoisotopic (exact) mass is 426 g/mol. The second-order valence-electron chi connectivity index (χ2n) is 6.46. The molecule has 0 amide bonds. The van der Waals surface area contributed by atoms with Crippen molar-refractivity contribution in [2.24, 2.45) is 0 Å². The van der Waals surface area contributed by atoms with Gasteiger partial charge in [-0.1, -0.05) is 29.8 Å². The van der Waals surface area contributed by atoms with Gasteiger partial charge in [0.2, 0.25) is 5.78 Å². The molecule has 152 valence electrons. The zero-order valence-corrected chi connectivity index (χ0v) is 16.1. The number of allylic oxidation sites excluding steroid dienone is 1. The quantitative estimate of drug-likeness (QED) is 0.436. The van der Waals surface area contributed by atoms with Crippen molar-refractivity contribution in [2.75, 3.05) is 5.23 Å². The molecule has 0 atom stereocenters. The first-order valence-corrected chi connectivity index (χ1v) is 9.20. The Balaban J connectivity index is 1.50.